The van der Waals surface area contributed by atoms with Crippen LogP contribution < -0.4 is 5.32 Å². The first-order valence-corrected chi connectivity index (χ1v) is 14.8. The summed E-state index contributed by atoms with van der Waals surface area (Å²) in [5, 5.41) is 3.54. The molecule has 0 aromatic carbocycles. The van der Waals surface area contributed by atoms with Gasteiger partial charge in [-0.2, -0.15) is 0 Å². The van der Waals surface area contributed by atoms with Crippen LogP contribution in [0.5, 0.6) is 0 Å². The SMILES string of the molecule is [C-]#[N+]C1C[C@]2(C)[C@H]3CC(=O)N[C@@H]4[C@@H]5CC(C)(C)CCC5(C(=O)OC)CC[C@@]4(C)[C@]3(C)CC[C@H]2C(C)(C)C1=O. The number of amides is 1. The van der Waals surface area contributed by atoms with E-state index in [9.17, 15) is 14.4 Å². The third-order valence-electron chi connectivity index (χ3n) is 13.4. The minimum Gasteiger partial charge on any atom is -0.469 e. The maximum atomic E-state index is 13.9. The quantitative estimate of drug-likeness (QED) is 0.338. The van der Waals surface area contributed by atoms with Crippen molar-refractivity contribution in [2.24, 2.45) is 50.2 Å². The third kappa shape index (κ3) is 3.38. The lowest BCUT2D eigenvalue weighted by atomic mass is 9.35. The second kappa shape index (κ2) is 8.31. The minimum atomic E-state index is -0.638. The molecule has 0 aromatic heterocycles. The van der Waals surface area contributed by atoms with E-state index >= 15 is 0 Å². The molecule has 0 spiro atoms. The molecule has 6 nitrogen and oxygen atoms in total. The van der Waals surface area contributed by atoms with Crippen LogP contribution in [0.15, 0.2) is 0 Å². The van der Waals surface area contributed by atoms with Gasteiger partial charge in [-0.1, -0.05) is 48.5 Å². The number of carbonyl (C=O) groups is 3. The molecule has 1 saturated heterocycles. The number of methoxy groups -OCH3 is 1. The highest BCUT2D eigenvalue weighted by Crippen LogP contribution is 2.73. The smallest absolute Gasteiger partial charge is 0.312 e. The standard InChI is InChI=1S/C32H48N2O4/c1-27(2)12-14-32(26(37)38-9)15-13-31(7)24(19(32)17-27)34-23(35)16-22-29(5)18-20(33-8)25(36)28(3,4)21(29)10-11-30(22,31)6/h19-22,24H,10-18H2,1-7,9H3,(H,34,35)/t19-,20?,21-,22+,24+,29-,30+,31+,32?/m0/s1. The fourth-order valence-corrected chi connectivity index (χ4v) is 11.1. The summed E-state index contributed by atoms with van der Waals surface area (Å²) < 4.78 is 5.45. The van der Waals surface area contributed by atoms with Crippen LogP contribution in [0.4, 0.5) is 0 Å². The van der Waals surface area contributed by atoms with Crippen molar-refractivity contribution in [1.82, 2.24) is 5.32 Å². The first kappa shape index (κ1) is 27.7. The van der Waals surface area contributed by atoms with Crippen molar-refractivity contribution in [2.75, 3.05) is 7.11 Å². The maximum absolute atomic E-state index is 13.9. The number of Topliss-reactive ketones (excluding diaryl/α,β-unsaturated/α-hetero) is 1. The number of nitrogens with zero attached hydrogens (tertiary/aromatic N) is 1. The topological polar surface area (TPSA) is 76.8 Å². The molecule has 210 valence electrons. The van der Waals surface area contributed by atoms with Crippen LogP contribution in [0, 0.1) is 56.8 Å². The Labute approximate surface area is 229 Å². The van der Waals surface area contributed by atoms with Gasteiger partial charge in [-0.05, 0) is 84.4 Å². The fourth-order valence-electron chi connectivity index (χ4n) is 11.1. The number of nitrogens with one attached hydrogen (secondary N) is 1. The predicted molar refractivity (Wildman–Crippen MR) is 146 cm³/mol. The molecule has 9 atom stereocenters. The largest absolute Gasteiger partial charge is 0.469 e. The molecule has 1 N–H and O–H groups in total. The van der Waals surface area contributed by atoms with Crippen LogP contribution in [0.3, 0.4) is 0 Å². The summed E-state index contributed by atoms with van der Waals surface area (Å²) in [7, 11) is 1.51. The predicted octanol–water partition coefficient (Wildman–Crippen LogP) is 5.99. The van der Waals surface area contributed by atoms with Gasteiger partial charge in [0.25, 0.3) is 6.04 Å². The molecule has 0 bridgehead atoms. The Kier molecular flexibility index (Phi) is 6.05. The molecule has 5 aliphatic rings. The molecule has 0 aromatic rings. The summed E-state index contributed by atoms with van der Waals surface area (Å²) in [4.78, 5) is 44.5. The Bertz CT molecular complexity index is 1110. The zero-order chi connectivity index (χ0) is 28.1. The molecule has 6 heteroatoms. The highest BCUT2D eigenvalue weighted by atomic mass is 16.5. The van der Waals surface area contributed by atoms with E-state index in [1.807, 2.05) is 13.8 Å². The van der Waals surface area contributed by atoms with Gasteiger partial charge in [0, 0.05) is 24.3 Å². The van der Waals surface area contributed by atoms with Crippen LogP contribution in [0.1, 0.15) is 106 Å². The lowest BCUT2D eigenvalue weighted by Gasteiger charge is -2.68. The van der Waals surface area contributed by atoms with E-state index in [1.54, 1.807) is 0 Å². The molecule has 4 aliphatic carbocycles. The van der Waals surface area contributed by atoms with E-state index in [2.05, 4.69) is 44.8 Å². The van der Waals surface area contributed by atoms with Crippen molar-refractivity contribution in [3.63, 3.8) is 0 Å². The van der Waals surface area contributed by atoms with Crippen LogP contribution in [-0.2, 0) is 19.1 Å². The molecule has 5 rings (SSSR count). The first-order valence-electron chi connectivity index (χ1n) is 14.8. The summed E-state index contributed by atoms with van der Waals surface area (Å²) in [5.41, 5.74) is -1.67. The third-order valence-corrected chi connectivity index (χ3v) is 13.4. The Morgan fingerprint density at radius 1 is 0.921 bits per heavy atom. The number of fused-ring (bicyclic) bond motifs is 7. The van der Waals surface area contributed by atoms with E-state index in [-0.39, 0.29) is 63.1 Å². The molecule has 0 radical (unpaired) electrons. The summed E-state index contributed by atoms with van der Waals surface area (Å²) in [6.07, 6.45) is 7.20. The number of ether oxygens (including phenoxy) is 1. The van der Waals surface area contributed by atoms with Crippen molar-refractivity contribution in [1.29, 1.82) is 0 Å². The molecule has 38 heavy (non-hydrogen) atoms. The summed E-state index contributed by atoms with van der Waals surface area (Å²) >= 11 is 0. The molecular formula is C32H48N2O4. The Morgan fingerprint density at radius 3 is 2.21 bits per heavy atom. The van der Waals surface area contributed by atoms with E-state index in [0.29, 0.717) is 12.8 Å². The minimum absolute atomic E-state index is 0.0304. The van der Waals surface area contributed by atoms with Crippen LogP contribution in [0.25, 0.3) is 4.85 Å². The van der Waals surface area contributed by atoms with Gasteiger partial charge in [-0.25, -0.2) is 6.57 Å². The molecule has 4 saturated carbocycles. The van der Waals surface area contributed by atoms with Gasteiger partial charge >= 0.3 is 5.97 Å². The van der Waals surface area contributed by atoms with Crippen molar-refractivity contribution >= 4 is 17.7 Å². The Morgan fingerprint density at radius 2 is 1.58 bits per heavy atom. The normalized spacial score (nSPS) is 49.1. The Hall–Kier alpha value is -1.90. The van der Waals surface area contributed by atoms with Gasteiger partial charge in [0.15, 0.2) is 0 Å². The van der Waals surface area contributed by atoms with Gasteiger partial charge in [0.05, 0.1) is 12.5 Å². The highest BCUT2D eigenvalue weighted by molar-refractivity contribution is 5.92. The fraction of sp³-hybridized carbons (Fsp3) is 0.875. The van der Waals surface area contributed by atoms with Gasteiger partial charge in [0.2, 0.25) is 11.7 Å². The second-order valence-corrected chi connectivity index (χ2v) is 15.8. The average Bonchev–Trinajstić information content (AvgIpc) is 2.93. The number of carbonyl (C=O) groups excluding carboxylic acids is 3. The molecule has 2 unspecified atom stereocenters. The van der Waals surface area contributed by atoms with Gasteiger partial charge in [-0.15, -0.1) is 0 Å². The van der Waals surface area contributed by atoms with Crippen LogP contribution in [0.2, 0.25) is 0 Å². The summed E-state index contributed by atoms with van der Waals surface area (Å²) in [6, 6.07) is -0.742. The van der Waals surface area contributed by atoms with E-state index in [4.69, 9.17) is 11.3 Å². The second-order valence-electron chi connectivity index (χ2n) is 15.8. The van der Waals surface area contributed by atoms with Crippen molar-refractivity contribution in [2.45, 2.75) is 118 Å². The van der Waals surface area contributed by atoms with Crippen LogP contribution in [-0.4, -0.2) is 36.9 Å². The Balaban J connectivity index is 1.64. The number of hydrogen-bond acceptors (Lipinski definition) is 4. The number of esters is 1. The molecule has 5 fully saturated rings. The van der Waals surface area contributed by atoms with E-state index in [0.717, 1.165) is 44.9 Å². The van der Waals surface area contributed by atoms with Gasteiger partial charge < -0.3 is 14.9 Å². The zero-order valence-electron chi connectivity index (χ0n) is 24.8. The number of ketones is 1. The van der Waals surface area contributed by atoms with E-state index < -0.39 is 16.9 Å². The van der Waals surface area contributed by atoms with E-state index in [1.165, 1.54) is 7.11 Å². The number of rotatable bonds is 1. The van der Waals surface area contributed by atoms with Crippen molar-refractivity contribution < 1.29 is 19.1 Å². The number of hydrogen-bond donors (Lipinski definition) is 1. The molecule has 1 amide bonds. The lowest BCUT2D eigenvalue weighted by molar-refractivity contribution is -0.204. The van der Waals surface area contributed by atoms with Gasteiger partial charge in [0.1, 0.15) is 0 Å². The average molecular weight is 525 g/mol. The zero-order valence-corrected chi connectivity index (χ0v) is 24.8. The lowest BCUT2D eigenvalue weighted by Crippen LogP contribution is -2.68. The van der Waals surface area contributed by atoms with Crippen molar-refractivity contribution in [3.8, 4) is 0 Å². The molecular weight excluding hydrogens is 476 g/mol. The summed E-state index contributed by atoms with van der Waals surface area (Å²) in [6.45, 7) is 23.6. The molecule has 1 aliphatic heterocycles. The maximum Gasteiger partial charge on any atom is 0.312 e. The molecule has 1 heterocycles. The van der Waals surface area contributed by atoms with Crippen molar-refractivity contribution in [3.05, 3.63) is 11.4 Å². The summed E-state index contributed by atoms with van der Waals surface area (Å²) in [5.74, 6) is 0.285. The van der Waals surface area contributed by atoms with Crippen LogP contribution >= 0.6 is 0 Å². The van der Waals surface area contributed by atoms with Gasteiger partial charge in [-0.3, -0.25) is 14.4 Å². The first-order chi connectivity index (χ1) is 17.5. The highest BCUT2D eigenvalue weighted by Gasteiger charge is 2.72. The monoisotopic (exact) mass is 524 g/mol.